The molecule has 7 nitrogen and oxygen atoms in total. The number of nitrogens with one attached hydrogen (secondary N) is 2. The lowest BCUT2D eigenvalue weighted by atomic mass is 10.2. The standard InChI is InChI=1S/C10H12N6OS/c1-5-3-7(4-8(12-5)14-11)9(17)13-10-16-15-6(2)18-10/h3-4H,11H2,1-2H3,(H,12,14)(H,13,16,17). The molecule has 2 rings (SSSR count). The molecule has 0 aromatic carbocycles. The lowest BCUT2D eigenvalue weighted by Crippen LogP contribution is -2.15. The maximum absolute atomic E-state index is 12.0. The number of nitrogen functional groups attached to an aromatic ring is 1. The molecular formula is C10H12N6OS. The van der Waals surface area contributed by atoms with E-state index in [9.17, 15) is 4.79 Å². The lowest BCUT2D eigenvalue weighted by Gasteiger charge is -2.05. The van der Waals surface area contributed by atoms with Gasteiger partial charge in [-0.15, -0.1) is 10.2 Å². The number of carbonyl (C=O) groups is 1. The van der Waals surface area contributed by atoms with E-state index in [0.29, 0.717) is 22.2 Å². The summed E-state index contributed by atoms with van der Waals surface area (Å²) in [5.41, 5.74) is 3.57. The van der Waals surface area contributed by atoms with Crippen LogP contribution >= 0.6 is 11.3 Å². The van der Waals surface area contributed by atoms with Crippen LogP contribution in [0.3, 0.4) is 0 Å². The number of anilines is 2. The maximum Gasteiger partial charge on any atom is 0.257 e. The predicted molar refractivity (Wildman–Crippen MR) is 69.4 cm³/mol. The van der Waals surface area contributed by atoms with Crippen LogP contribution in [0.15, 0.2) is 12.1 Å². The number of aromatic nitrogens is 3. The smallest absolute Gasteiger partial charge is 0.257 e. The zero-order chi connectivity index (χ0) is 13.1. The van der Waals surface area contributed by atoms with Crippen molar-refractivity contribution >= 4 is 28.2 Å². The van der Waals surface area contributed by atoms with Gasteiger partial charge in [-0.05, 0) is 26.0 Å². The van der Waals surface area contributed by atoms with Crippen LogP contribution in [0.4, 0.5) is 10.9 Å². The van der Waals surface area contributed by atoms with E-state index >= 15 is 0 Å². The van der Waals surface area contributed by atoms with Crippen molar-refractivity contribution in [1.29, 1.82) is 0 Å². The van der Waals surface area contributed by atoms with Crippen LogP contribution in [0.1, 0.15) is 21.1 Å². The molecule has 0 radical (unpaired) electrons. The average molecular weight is 264 g/mol. The van der Waals surface area contributed by atoms with E-state index in [0.717, 1.165) is 5.01 Å². The third-order valence-corrected chi connectivity index (χ3v) is 2.86. The van der Waals surface area contributed by atoms with Gasteiger partial charge >= 0.3 is 0 Å². The largest absolute Gasteiger partial charge is 0.308 e. The van der Waals surface area contributed by atoms with E-state index in [1.807, 2.05) is 6.92 Å². The Morgan fingerprint density at radius 2 is 2.11 bits per heavy atom. The number of pyridine rings is 1. The molecule has 2 aromatic rings. The van der Waals surface area contributed by atoms with E-state index < -0.39 is 0 Å². The topological polar surface area (TPSA) is 106 Å². The molecule has 0 unspecified atom stereocenters. The summed E-state index contributed by atoms with van der Waals surface area (Å²) in [6.07, 6.45) is 0. The van der Waals surface area contributed by atoms with Crippen LogP contribution in [-0.4, -0.2) is 21.1 Å². The van der Waals surface area contributed by atoms with Crippen LogP contribution < -0.4 is 16.6 Å². The minimum absolute atomic E-state index is 0.270. The SMILES string of the molecule is Cc1cc(C(=O)Nc2nnc(C)s2)cc(NN)n1. The number of hydrazine groups is 1. The summed E-state index contributed by atoms with van der Waals surface area (Å²) in [5, 5.41) is 11.6. The van der Waals surface area contributed by atoms with Crippen molar-refractivity contribution in [2.24, 2.45) is 5.84 Å². The zero-order valence-electron chi connectivity index (χ0n) is 9.89. The Morgan fingerprint density at radius 3 is 2.72 bits per heavy atom. The first kappa shape index (κ1) is 12.4. The first-order chi connectivity index (χ1) is 8.58. The second-order valence-corrected chi connectivity index (χ2v) is 4.79. The van der Waals surface area contributed by atoms with E-state index in [-0.39, 0.29) is 5.91 Å². The molecule has 0 atom stereocenters. The summed E-state index contributed by atoms with van der Waals surface area (Å²) < 4.78 is 0. The highest BCUT2D eigenvalue weighted by Crippen LogP contribution is 2.16. The highest BCUT2D eigenvalue weighted by molar-refractivity contribution is 7.15. The van der Waals surface area contributed by atoms with E-state index in [4.69, 9.17) is 5.84 Å². The fourth-order valence-electron chi connectivity index (χ4n) is 1.39. The molecule has 8 heteroatoms. The average Bonchev–Trinajstić information content (AvgIpc) is 2.73. The quantitative estimate of drug-likeness (QED) is 0.566. The molecule has 0 saturated carbocycles. The molecule has 0 bridgehead atoms. The summed E-state index contributed by atoms with van der Waals surface area (Å²) in [7, 11) is 0. The van der Waals surface area contributed by atoms with Crippen molar-refractivity contribution in [1.82, 2.24) is 15.2 Å². The van der Waals surface area contributed by atoms with Crippen molar-refractivity contribution < 1.29 is 4.79 Å². The summed E-state index contributed by atoms with van der Waals surface area (Å²) in [6.45, 7) is 3.60. The Kier molecular flexibility index (Phi) is 3.49. The molecule has 0 aliphatic heterocycles. The Balaban J connectivity index is 2.20. The molecule has 0 aliphatic carbocycles. The number of nitrogens with two attached hydrogens (primary N) is 1. The van der Waals surface area contributed by atoms with Crippen LogP contribution in [-0.2, 0) is 0 Å². The van der Waals surface area contributed by atoms with Gasteiger partial charge in [0.25, 0.3) is 5.91 Å². The summed E-state index contributed by atoms with van der Waals surface area (Å²) in [4.78, 5) is 16.1. The molecule has 0 aliphatic rings. The minimum Gasteiger partial charge on any atom is -0.308 e. The van der Waals surface area contributed by atoms with Gasteiger partial charge in [0, 0.05) is 11.3 Å². The van der Waals surface area contributed by atoms with Crippen LogP contribution in [0.2, 0.25) is 0 Å². The fourth-order valence-corrected chi connectivity index (χ4v) is 1.98. The Bertz CT molecular complexity index is 581. The number of carbonyl (C=O) groups excluding carboxylic acids is 1. The first-order valence-electron chi connectivity index (χ1n) is 5.15. The van der Waals surface area contributed by atoms with Gasteiger partial charge < -0.3 is 5.43 Å². The second kappa shape index (κ2) is 5.07. The highest BCUT2D eigenvalue weighted by Gasteiger charge is 2.11. The van der Waals surface area contributed by atoms with Gasteiger partial charge in [-0.3, -0.25) is 10.1 Å². The van der Waals surface area contributed by atoms with Crippen molar-refractivity contribution in [3.8, 4) is 0 Å². The van der Waals surface area contributed by atoms with Gasteiger partial charge in [0.05, 0.1) is 0 Å². The number of amides is 1. The van der Waals surface area contributed by atoms with Gasteiger partial charge in [-0.1, -0.05) is 11.3 Å². The summed E-state index contributed by atoms with van der Waals surface area (Å²) >= 11 is 1.31. The number of hydrogen-bond donors (Lipinski definition) is 3. The molecule has 0 spiro atoms. The van der Waals surface area contributed by atoms with Crippen LogP contribution in [0, 0.1) is 13.8 Å². The molecule has 0 saturated heterocycles. The molecule has 18 heavy (non-hydrogen) atoms. The lowest BCUT2D eigenvalue weighted by molar-refractivity contribution is 0.102. The van der Waals surface area contributed by atoms with E-state index in [1.165, 1.54) is 11.3 Å². The van der Waals surface area contributed by atoms with E-state index in [1.54, 1.807) is 19.1 Å². The van der Waals surface area contributed by atoms with E-state index in [2.05, 4.69) is 25.9 Å². The van der Waals surface area contributed by atoms with Gasteiger partial charge in [-0.25, -0.2) is 10.8 Å². The Hall–Kier alpha value is -2.06. The third-order valence-electron chi connectivity index (χ3n) is 2.11. The zero-order valence-corrected chi connectivity index (χ0v) is 10.7. The van der Waals surface area contributed by atoms with Crippen LogP contribution in [0.5, 0.6) is 0 Å². The predicted octanol–water partition coefficient (Wildman–Crippen LogP) is 1.09. The molecule has 2 heterocycles. The molecule has 4 N–H and O–H groups in total. The number of nitrogens with zero attached hydrogens (tertiary/aromatic N) is 3. The number of hydrogen-bond acceptors (Lipinski definition) is 7. The highest BCUT2D eigenvalue weighted by atomic mass is 32.1. The molecule has 94 valence electrons. The van der Waals surface area contributed by atoms with Crippen molar-refractivity contribution in [3.63, 3.8) is 0 Å². The van der Waals surface area contributed by atoms with Crippen molar-refractivity contribution in [2.75, 3.05) is 10.7 Å². The molecule has 1 amide bonds. The minimum atomic E-state index is -0.270. The first-order valence-corrected chi connectivity index (χ1v) is 5.97. The third kappa shape index (κ3) is 2.79. The normalized spacial score (nSPS) is 10.2. The summed E-state index contributed by atoms with van der Waals surface area (Å²) in [6, 6.07) is 3.24. The Morgan fingerprint density at radius 1 is 1.33 bits per heavy atom. The molecular weight excluding hydrogens is 252 g/mol. The van der Waals surface area contributed by atoms with Crippen molar-refractivity contribution in [2.45, 2.75) is 13.8 Å². The Labute approximate surface area is 107 Å². The van der Waals surface area contributed by atoms with Crippen LogP contribution in [0.25, 0.3) is 0 Å². The monoisotopic (exact) mass is 264 g/mol. The molecule has 0 fully saturated rings. The van der Waals surface area contributed by atoms with Crippen molar-refractivity contribution in [3.05, 3.63) is 28.4 Å². The number of rotatable bonds is 3. The van der Waals surface area contributed by atoms with Gasteiger partial charge in [0.15, 0.2) is 0 Å². The maximum atomic E-state index is 12.0. The van der Waals surface area contributed by atoms with Gasteiger partial charge in [0.1, 0.15) is 10.8 Å². The van der Waals surface area contributed by atoms with Gasteiger partial charge in [-0.2, -0.15) is 0 Å². The second-order valence-electron chi connectivity index (χ2n) is 3.61. The number of aryl methyl sites for hydroxylation is 2. The fraction of sp³-hybridized carbons (Fsp3) is 0.200. The summed E-state index contributed by atoms with van der Waals surface area (Å²) in [5.74, 6) is 5.45. The van der Waals surface area contributed by atoms with Gasteiger partial charge in [0.2, 0.25) is 5.13 Å². The molecule has 2 aromatic heterocycles.